The number of aldehydes is 1. The molecule has 9 atom stereocenters. The van der Waals surface area contributed by atoms with Crippen molar-refractivity contribution in [2.75, 3.05) is 33.9 Å². The highest BCUT2D eigenvalue weighted by Crippen LogP contribution is 2.64. The number of hydrogen-bond acceptors (Lipinski definition) is 9. The van der Waals surface area contributed by atoms with E-state index in [2.05, 4.69) is 61.4 Å². The van der Waals surface area contributed by atoms with Crippen LogP contribution in [0.3, 0.4) is 0 Å². The average molecular weight is 819 g/mol. The van der Waals surface area contributed by atoms with Crippen LogP contribution in [-0.4, -0.2) is 95.3 Å². The van der Waals surface area contributed by atoms with Crippen LogP contribution >= 0.6 is 0 Å². The number of benzene rings is 1. The molecule has 2 aliphatic carbocycles. The number of hydrogen-bond donors (Lipinski definition) is 7. The lowest BCUT2D eigenvalue weighted by Crippen LogP contribution is -2.61. The number of methoxy groups -OCH3 is 1. The van der Waals surface area contributed by atoms with Gasteiger partial charge in [-0.3, -0.25) is 10.1 Å². The van der Waals surface area contributed by atoms with Crippen molar-refractivity contribution in [3.63, 3.8) is 0 Å². The number of ether oxygens (including phenoxy) is 1. The summed E-state index contributed by atoms with van der Waals surface area (Å²) in [4.78, 5) is 12.2. The molecule has 0 unspecified atom stereocenters. The molecule has 4 rings (SSSR count). The molecule has 2 bridgehead atoms. The second kappa shape index (κ2) is 22.9. The topological polar surface area (TPSA) is 152 Å². The summed E-state index contributed by atoms with van der Waals surface area (Å²) in [6.45, 7) is 13.8. The van der Waals surface area contributed by atoms with Crippen LogP contribution < -0.4 is 10.6 Å². The molecule has 1 spiro atoms. The van der Waals surface area contributed by atoms with Crippen molar-refractivity contribution < 1.29 is 35.1 Å². The number of fused-ring (bicyclic) bond motifs is 2. The van der Waals surface area contributed by atoms with E-state index >= 15 is 0 Å². The number of aliphatic hydroxyl groups excluding tert-OH is 4. The predicted octanol–water partition coefficient (Wildman–Crippen LogP) is 7.22. The molecule has 1 aromatic rings. The maximum atomic E-state index is 12.8. The summed E-state index contributed by atoms with van der Waals surface area (Å²) >= 11 is 0. The molecule has 1 aromatic carbocycles. The largest absolute Gasteiger partial charge is 0.396 e. The Kier molecular flexibility index (Phi) is 19.0. The van der Waals surface area contributed by atoms with E-state index in [1.54, 1.807) is 7.11 Å². The van der Waals surface area contributed by atoms with Gasteiger partial charge < -0.3 is 35.6 Å². The first-order chi connectivity index (χ1) is 28.2. The number of carbonyl (C=O) groups is 1. The highest BCUT2D eigenvalue weighted by Gasteiger charge is 2.65. The van der Waals surface area contributed by atoms with E-state index in [0.717, 1.165) is 67.1 Å². The normalized spacial score (nSPS) is 32.1. The minimum Gasteiger partial charge on any atom is -0.396 e. The molecule has 9 heteroatoms. The van der Waals surface area contributed by atoms with Gasteiger partial charge in [-0.2, -0.15) is 0 Å². The zero-order chi connectivity index (χ0) is 43.2. The molecule has 2 fully saturated rings. The lowest BCUT2D eigenvalue weighted by molar-refractivity contribution is -0.181. The summed E-state index contributed by atoms with van der Waals surface area (Å²) in [7, 11) is 3.57. The first kappa shape index (κ1) is 48.9. The minimum absolute atomic E-state index is 0.0159. The minimum atomic E-state index is -1.21. The van der Waals surface area contributed by atoms with Gasteiger partial charge in [-0.15, -0.1) is 0 Å². The van der Waals surface area contributed by atoms with E-state index in [0.29, 0.717) is 76.5 Å². The van der Waals surface area contributed by atoms with Gasteiger partial charge in [-0.25, -0.2) is 0 Å². The van der Waals surface area contributed by atoms with Gasteiger partial charge in [0.15, 0.2) is 0 Å². The van der Waals surface area contributed by atoms with Crippen molar-refractivity contribution in [2.24, 2.45) is 23.2 Å². The third-order valence-electron chi connectivity index (χ3n) is 14.2. The summed E-state index contributed by atoms with van der Waals surface area (Å²) in [6.07, 6.45) is 16.4. The second-order valence-corrected chi connectivity index (χ2v) is 18.3. The Bertz CT molecular complexity index is 1650. The summed E-state index contributed by atoms with van der Waals surface area (Å²) < 4.78 is 5.42. The lowest BCUT2D eigenvalue weighted by atomic mass is 9.51. The predicted molar refractivity (Wildman–Crippen MR) is 239 cm³/mol. The van der Waals surface area contributed by atoms with Crippen LogP contribution in [0.5, 0.6) is 0 Å². The monoisotopic (exact) mass is 819 g/mol. The van der Waals surface area contributed by atoms with Gasteiger partial charge in [0.2, 0.25) is 0 Å². The standard InChI is InChI=1S/C50H78N2O7/c1-8-9-10-19-45(55)42(43-23-25-50(46(43)56)44(18-13-29-53)41(37(4)34-54)22-24-49(50,58)26-28-51-6)17-11-14-35(2)40-21-20-36(3)47(57)52-48(5,27-30-59-7)33-39-16-12-15-38(31-39)32-40/h11-12,14-17,20,31,34,40,43-47,51-53,55-58H,2,8-10,13,18-19,21-30,32-33H2,1,3-7H3/t40-,43-,44+,45-,46-,47-,48+,49+,50-/m1/s1. The maximum absolute atomic E-state index is 12.8. The van der Waals surface area contributed by atoms with Gasteiger partial charge in [0.25, 0.3) is 0 Å². The Morgan fingerprint density at radius 1 is 1.15 bits per heavy atom. The van der Waals surface area contributed by atoms with Gasteiger partial charge in [-0.05, 0) is 151 Å². The molecule has 1 aliphatic heterocycles. The Hall–Kier alpha value is -2.73. The third kappa shape index (κ3) is 12.0. The van der Waals surface area contributed by atoms with Crippen LogP contribution in [0.2, 0.25) is 0 Å². The van der Waals surface area contributed by atoms with Crippen LogP contribution in [0.4, 0.5) is 0 Å². The van der Waals surface area contributed by atoms with E-state index < -0.39 is 35.4 Å². The van der Waals surface area contributed by atoms with Crippen LogP contribution in [0.1, 0.15) is 122 Å². The van der Waals surface area contributed by atoms with Gasteiger partial charge in [0.1, 0.15) is 12.5 Å². The van der Waals surface area contributed by atoms with E-state index in [9.17, 15) is 30.3 Å². The number of nitrogens with one attached hydrogen (secondary N) is 2. The first-order valence-corrected chi connectivity index (χ1v) is 22.5. The van der Waals surface area contributed by atoms with E-state index in [1.807, 2.05) is 39.1 Å². The van der Waals surface area contributed by atoms with Crippen molar-refractivity contribution in [3.8, 4) is 0 Å². The summed E-state index contributed by atoms with van der Waals surface area (Å²) in [5.74, 6) is -0.637. The molecule has 0 radical (unpaired) electrons. The molecular weight excluding hydrogens is 741 g/mol. The zero-order valence-electron chi connectivity index (χ0n) is 37.1. The van der Waals surface area contributed by atoms with Gasteiger partial charge in [-0.1, -0.05) is 92.5 Å². The second-order valence-electron chi connectivity index (χ2n) is 18.3. The van der Waals surface area contributed by atoms with Gasteiger partial charge in [0.05, 0.1) is 17.8 Å². The summed E-state index contributed by atoms with van der Waals surface area (Å²) in [6, 6.07) is 8.68. The van der Waals surface area contributed by atoms with Gasteiger partial charge in [0, 0.05) is 37.2 Å². The molecule has 7 N–H and O–H groups in total. The smallest absolute Gasteiger partial charge is 0.145 e. The van der Waals surface area contributed by atoms with Crippen LogP contribution in [0, 0.1) is 23.2 Å². The molecule has 3 aliphatic rings. The van der Waals surface area contributed by atoms with Crippen molar-refractivity contribution in [2.45, 2.75) is 154 Å². The molecule has 59 heavy (non-hydrogen) atoms. The van der Waals surface area contributed by atoms with Crippen LogP contribution in [0.25, 0.3) is 0 Å². The number of unbranched alkanes of at least 4 members (excludes halogenated alkanes) is 2. The van der Waals surface area contributed by atoms with Gasteiger partial charge >= 0.3 is 0 Å². The van der Waals surface area contributed by atoms with E-state index in [1.165, 1.54) is 11.1 Å². The molecule has 2 saturated carbocycles. The van der Waals surface area contributed by atoms with Crippen molar-refractivity contribution >= 4 is 6.29 Å². The average Bonchev–Trinajstić information content (AvgIpc) is 3.56. The summed E-state index contributed by atoms with van der Waals surface area (Å²) in [5, 5.41) is 65.4. The number of aliphatic hydroxyl groups is 5. The Morgan fingerprint density at radius 3 is 2.61 bits per heavy atom. The number of carbonyl (C=O) groups excluding carboxylic acids is 1. The fourth-order valence-corrected chi connectivity index (χ4v) is 10.7. The Morgan fingerprint density at radius 2 is 1.92 bits per heavy atom. The van der Waals surface area contributed by atoms with E-state index in [-0.39, 0.29) is 24.0 Å². The molecule has 0 amide bonds. The van der Waals surface area contributed by atoms with Crippen molar-refractivity contribution in [1.29, 1.82) is 0 Å². The molecular formula is C50H78N2O7. The quantitative estimate of drug-likeness (QED) is 0.0253. The molecule has 0 aromatic heterocycles. The molecule has 1 heterocycles. The number of allylic oxidation sites excluding steroid dienone is 7. The molecule has 0 saturated heterocycles. The Balaban J connectivity index is 1.72. The highest BCUT2D eigenvalue weighted by molar-refractivity contribution is 5.74. The van der Waals surface area contributed by atoms with Crippen molar-refractivity contribution in [1.82, 2.24) is 10.6 Å². The fraction of sp³-hybridized carbons (Fsp3) is 0.660. The van der Waals surface area contributed by atoms with E-state index in [4.69, 9.17) is 4.74 Å². The highest BCUT2D eigenvalue weighted by atomic mass is 16.5. The fourth-order valence-electron chi connectivity index (χ4n) is 10.7. The Labute approximate surface area is 355 Å². The van der Waals surface area contributed by atoms with Crippen LogP contribution in [-0.2, 0) is 22.4 Å². The molecule has 9 nitrogen and oxygen atoms in total. The third-order valence-corrected chi connectivity index (χ3v) is 14.2. The van der Waals surface area contributed by atoms with Crippen LogP contribution in [0.15, 0.2) is 83.0 Å². The maximum Gasteiger partial charge on any atom is 0.145 e. The SMILES string of the molecule is C=C(C=CC=C([C@H](O)CCCCC)[C@H]1CC[C@]2([C@@H]1O)[C@@H](CCCO)C(=C(C)C=O)CC[C@]2(O)CCNC)[C@@H]1CC=C(C)[C@@H](O)N[C@@](C)(CCOC)Cc2cccc(c2)C1. The summed E-state index contributed by atoms with van der Waals surface area (Å²) in [5.41, 5.74) is 4.07. The number of rotatable bonds is 19. The zero-order valence-corrected chi connectivity index (χ0v) is 37.1. The lowest BCUT2D eigenvalue weighted by Gasteiger charge is -2.57. The first-order valence-electron chi connectivity index (χ1n) is 22.5. The molecule has 330 valence electrons. The van der Waals surface area contributed by atoms with Crippen molar-refractivity contribution in [3.05, 3.63) is 94.1 Å².